The predicted octanol–water partition coefficient (Wildman–Crippen LogP) is 3.38. The maximum absolute atomic E-state index is 12.7. The summed E-state index contributed by atoms with van der Waals surface area (Å²) in [7, 11) is 0. The number of para-hydroxylation sites is 1. The second kappa shape index (κ2) is 5.82. The molecule has 0 bridgehead atoms. The van der Waals surface area contributed by atoms with Crippen molar-refractivity contribution in [1.82, 2.24) is 4.57 Å². The first-order chi connectivity index (χ1) is 10.7. The number of hydrogen-bond donors (Lipinski definition) is 0. The molecule has 3 heteroatoms. The summed E-state index contributed by atoms with van der Waals surface area (Å²) in [6, 6.07) is 20.0. The van der Waals surface area contributed by atoms with Gasteiger partial charge in [0.25, 0.3) is 5.56 Å². The molecule has 0 aliphatic heterocycles. The van der Waals surface area contributed by atoms with Crippen LogP contribution in [0.5, 0.6) is 0 Å². The quantitative estimate of drug-likeness (QED) is 0.693. The fraction of sp³-hybridized carbons (Fsp3) is 0.0526. The highest BCUT2D eigenvalue weighted by molar-refractivity contribution is 6.09. The van der Waals surface area contributed by atoms with E-state index in [4.69, 9.17) is 0 Å². The largest absolute Gasteiger partial charge is 0.288 e. The lowest BCUT2D eigenvalue weighted by molar-refractivity contribution is 0.103. The Balaban J connectivity index is 2.17. The Labute approximate surface area is 128 Å². The lowest BCUT2D eigenvalue weighted by Crippen LogP contribution is -2.26. The third kappa shape index (κ3) is 2.49. The summed E-state index contributed by atoms with van der Waals surface area (Å²) in [6.07, 6.45) is 1.70. The van der Waals surface area contributed by atoms with E-state index in [9.17, 15) is 9.59 Å². The van der Waals surface area contributed by atoms with Crippen molar-refractivity contribution in [2.45, 2.75) is 6.92 Å². The first-order valence-corrected chi connectivity index (χ1v) is 7.06. The van der Waals surface area contributed by atoms with Gasteiger partial charge in [-0.1, -0.05) is 48.5 Å². The molecule has 0 radical (unpaired) electrons. The zero-order chi connectivity index (χ0) is 15.5. The SMILES string of the molecule is Cc1ccn(-c2ccccc2)c(=O)c1C(=O)c1ccccc1. The minimum atomic E-state index is -0.292. The van der Waals surface area contributed by atoms with Gasteiger partial charge in [0.15, 0.2) is 5.78 Å². The Morgan fingerprint density at radius 2 is 1.45 bits per heavy atom. The van der Waals surface area contributed by atoms with E-state index in [1.54, 1.807) is 43.5 Å². The van der Waals surface area contributed by atoms with Crippen molar-refractivity contribution in [3.8, 4) is 5.69 Å². The zero-order valence-corrected chi connectivity index (χ0v) is 12.2. The minimum Gasteiger partial charge on any atom is -0.288 e. The number of nitrogens with zero attached hydrogens (tertiary/aromatic N) is 1. The minimum absolute atomic E-state index is 0.220. The summed E-state index contributed by atoms with van der Waals surface area (Å²) in [5.41, 5.74) is 1.88. The van der Waals surface area contributed by atoms with Crippen LogP contribution in [0.2, 0.25) is 0 Å². The zero-order valence-electron chi connectivity index (χ0n) is 12.2. The van der Waals surface area contributed by atoms with Gasteiger partial charge in [-0.25, -0.2) is 0 Å². The Bertz CT molecular complexity index is 865. The van der Waals surface area contributed by atoms with Crippen LogP contribution in [0.15, 0.2) is 77.7 Å². The lowest BCUT2D eigenvalue weighted by atomic mass is 10.0. The van der Waals surface area contributed by atoms with Gasteiger partial charge in [-0.2, -0.15) is 0 Å². The molecule has 22 heavy (non-hydrogen) atoms. The molecule has 0 spiro atoms. The van der Waals surface area contributed by atoms with E-state index in [0.29, 0.717) is 11.1 Å². The van der Waals surface area contributed by atoms with E-state index in [1.807, 2.05) is 36.4 Å². The van der Waals surface area contributed by atoms with Gasteiger partial charge in [0, 0.05) is 17.4 Å². The Morgan fingerprint density at radius 3 is 2.09 bits per heavy atom. The summed E-state index contributed by atoms with van der Waals surface area (Å²) in [6.45, 7) is 1.78. The number of ketones is 1. The van der Waals surface area contributed by atoms with E-state index >= 15 is 0 Å². The first-order valence-electron chi connectivity index (χ1n) is 7.06. The molecular weight excluding hydrogens is 274 g/mol. The van der Waals surface area contributed by atoms with Crippen LogP contribution in [0.4, 0.5) is 0 Å². The van der Waals surface area contributed by atoms with Crippen molar-refractivity contribution < 1.29 is 4.79 Å². The van der Waals surface area contributed by atoms with Crippen LogP contribution < -0.4 is 5.56 Å². The summed E-state index contributed by atoms with van der Waals surface area (Å²) < 4.78 is 1.50. The van der Waals surface area contributed by atoms with Crippen molar-refractivity contribution in [3.05, 3.63) is 100.0 Å². The Hall–Kier alpha value is -2.94. The fourth-order valence-electron chi connectivity index (χ4n) is 2.43. The first kappa shape index (κ1) is 14.0. The standard InChI is InChI=1S/C19H15NO2/c1-14-12-13-20(16-10-6-3-7-11-16)19(22)17(14)18(21)15-8-4-2-5-9-15/h2-13H,1H3. The van der Waals surface area contributed by atoms with Crippen LogP contribution in [0.3, 0.4) is 0 Å². The topological polar surface area (TPSA) is 39.1 Å². The van der Waals surface area contributed by atoms with Gasteiger partial charge < -0.3 is 0 Å². The van der Waals surface area contributed by atoms with Gasteiger partial charge >= 0.3 is 0 Å². The highest BCUT2D eigenvalue weighted by Crippen LogP contribution is 2.12. The van der Waals surface area contributed by atoms with Gasteiger partial charge in [-0.15, -0.1) is 0 Å². The molecular formula is C19H15NO2. The van der Waals surface area contributed by atoms with Crippen LogP contribution in [0.25, 0.3) is 5.69 Å². The number of aryl methyl sites for hydroxylation is 1. The van der Waals surface area contributed by atoms with Crippen molar-refractivity contribution in [1.29, 1.82) is 0 Å². The molecule has 2 aromatic carbocycles. The van der Waals surface area contributed by atoms with Crippen molar-refractivity contribution >= 4 is 5.78 Å². The van der Waals surface area contributed by atoms with Crippen LogP contribution in [-0.2, 0) is 0 Å². The highest BCUT2D eigenvalue weighted by atomic mass is 16.1. The summed E-state index contributed by atoms with van der Waals surface area (Å²) in [4.78, 5) is 25.4. The van der Waals surface area contributed by atoms with E-state index in [2.05, 4.69) is 0 Å². The maximum atomic E-state index is 12.7. The van der Waals surface area contributed by atoms with Gasteiger partial charge in [0.2, 0.25) is 0 Å². The van der Waals surface area contributed by atoms with Crippen molar-refractivity contribution in [2.75, 3.05) is 0 Å². The van der Waals surface area contributed by atoms with E-state index in [-0.39, 0.29) is 16.9 Å². The monoisotopic (exact) mass is 289 g/mol. The maximum Gasteiger partial charge on any atom is 0.266 e. The van der Waals surface area contributed by atoms with Gasteiger partial charge in [-0.3, -0.25) is 14.2 Å². The average molecular weight is 289 g/mol. The van der Waals surface area contributed by atoms with E-state index in [1.165, 1.54) is 4.57 Å². The van der Waals surface area contributed by atoms with Crippen molar-refractivity contribution in [2.24, 2.45) is 0 Å². The summed E-state index contributed by atoms with van der Waals surface area (Å²) in [5.74, 6) is -0.242. The normalized spacial score (nSPS) is 10.4. The number of carbonyl (C=O) groups excluding carboxylic acids is 1. The number of carbonyl (C=O) groups is 1. The molecule has 3 nitrogen and oxygen atoms in total. The molecule has 0 saturated carbocycles. The molecule has 0 amide bonds. The van der Waals surface area contributed by atoms with Crippen LogP contribution in [-0.4, -0.2) is 10.4 Å². The molecule has 0 atom stereocenters. The number of rotatable bonds is 3. The third-order valence-corrected chi connectivity index (χ3v) is 3.60. The van der Waals surface area contributed by atoms with Gasteiger partial charge in [-0.05, 0) is 30.7 Å². The fourth-order valence-corrected chi connectivity index (χ4v) is 2.43. The molecule has 1 aromatic heterocycles. The number of benzene rings is 2. The second-order valence-corrected chi connectivity index (χ2v) is 5.08. The average Bonchev–Trinajstić information content (AvgIpc) is 2.56. The van der Waals surface area contributed by atoms with Gasteiger partial charge in [0.1, 0.15) is 0 Å². The van der Waals surface area contributed by atoms with E-state index in [0.717, 1.165) is 5.69 Å². The van der Waals surface area contributed by atoms with Crippen LogP contribution in [0.1, 0.15) is 21.5 Å². The smallest absolute Gasteiger partial charge is 0.266 e. The number of pyridine rings is 1. The molecule has 0 saturated heterocycles. The van der Waals surface area contributed by atoms with Crippen LogP contribution >= 0.6 is 0 Å². The Kier molecular flexibility index (Phi) is 3.71. The predicted molar refractivity (Wildman–Crippen MR) is 86.7 cm³/mol. The Morgan fingerprint density at radius 1 is 0.864 bits per heavy atom. The third-order valence-electron chi connectivity index (χ3n) is 3.60. The molecule has 0 N–H and O–H groups in total. The van der Waals surface area contributed by atoms with E-state index < -0.39 is 0 Å². The second-order valence-electron chi connectivity index (χ2n) is 5.08. The molecule has 3 rings (SSSR count). The number of hydrogen-bond acceptors (Lipinski definition) is 2. The molecule has 0 fully saturated rings. The lowest BCUT2D eigenvalue weighted by Gasteiger charge is -2.10. The van der Waals surface area contributed by atoms with Crippen molar-refractivity contribution in [3.63, 3.8) is 0 Å². The molecule has 108 valence electrons. The molecule has 0 aliphatic carbocycles. The molecule has 1 heterocycles. The summed E-state index contributed by atoms with van der Waals surface area (Å²) in [5, 5.41) is 0. The molecule has 3 aromatic rings. The summed E-state index contributed by atoms with van der Waals surface area (Å²) >= 11 is 0. The highest BCUT2D eigenvalue weighted by Gasteiger charge is 2.17. The van der Waals surface area contributed by atoms with Crippen LogP contribution in [0, 0.1) is 6.92 Å². The number of aromatic nitrogens is 1. The molecule has 0 aliphatic rings. The molecule has 0 unspecified atom stereocenters. The van der Waals surface area contributed by atoms with Gasteiger partial charge in [0.05, 0.1) is 5.56 Å².